The van der Waals surface area contributed by atoms with Gasteiger partial charge in [-0.15, -0.1) is 11.3 Å². The number of anilines is 2. The molecule has 0 unspecified atom stereocenters. The third-order valence-electron chi connectivity index (χ3n) is 6.10. The molecule has 5 heterocycles. The molecule has 4 aromatic heterocycles. The molecule has 12 heteroatoms. The first-order valence-corrected chi connectivity index (χ1v) is 12.2. The van der Waals surface area contributed by atoms with Gasteiger partial charge in [0, 0.05) is 41.8 Å². The zero-order valence-corrected chi connectivity index (χ0v) is 19.5. The van der Waals surface area contributed by atoms with E-state index in [1.165, 1.54) is 0 Å². The van der Waals surface area contributed by atoms with Crippen molar-refractivity contribution in [3.8, 4) is 11.1 Å². The SMILES string of the molecule is O=C(Nc1cnn(Cc2csc(N3CCC(O)CC3)n2)c1)c1n[nH]c2cc(-c3cn[nH]c3)ccc12. The number of piperidine rings is 1. The zero-order chi connectivity index (χ0) is 23.8. The number of hydrogen-bond donors (Lipinski definition) is 4. The van der Waals surface area contributed by atoms with E-state index in [4.69, 9.17) is 4.98 Å². The molecular weight excluding hydrogens is 466 g/mol. The highest BCUT2D eigenvalue weighted by Gasteiger charge is 2.20. The van der Waals surface area contributed by atoms with Crippen molar-refractivity contribution in [1.82, 2.24) is 35.2 Å². The predicted molar refractivity (Wildman–Crippen MR) is 133 cm³/mol. The van der Waals surface area contributed by atoms with Crippen LogP contribution >= 0.6 is 11.3 Å². The molecule has 1 amide bonds. The molecular formula is C23H23N9O2S. The van der Waals surface area contributed by atoms with Gasteiger partial charge in [0.25, 0.3) is 5.91 Å². The van der Waals surface area contributed by atoms with Gasteiger partial charge in [0.2, 0.25) is 0 Å². The summed E-state index contributed by atoms with van der Waals surface area (Å²) >= 11 is 1.60. The molecule has 178 valence electrons. The number of aliphatic hydroxyl groups excluding tert-OH is 1. The number of thiazole rings is 1. The number of fused-ring (bicyclic) bond motifs is 1. The van der Waals surface area contributed by atoms with Crippen LogP contribution in [0.3, 0.4) is 0 Å². The Morgan fingerprint density at radius 1 is 1.23 bits per heavy atom. The Morgan fingerprint density at radius 2 is 2.11 bits per heavy atom. The lowest BCUT2D eigenvalue weighted by Gasteiger charge is -2.29. The predicted octanol–water partition coefficient (Wildman–Crippen LogP) is 2.87. The van der Waals surface area contributed by atoms with Crippen molar-refractivity contribution in [3.63, 3.8) is 0 Å². The quantitative estimate of drug-likeness (QED) is 0.287. The number of carbonyl (C=O) groups excluding carboxylic acids is 1. The number of nitrogens with zero attached hydrogens (tertiary/aromatic N) is 6. The number of nitrogens with one attached hydrogen (secondary N) is 3. The number of aromatic nitrogens is 7. The van der Waals surface area contributed by atoms with E-state index in [0.717, 1.165) is 58.8 Å². The molecule has 5 aromatic rings. The number of aliphatic hydroxyl groups is 1. The number of H-pyrrole nitrogens is 2. The van der Waals surface area contributed by atoms with Crippen molar-refractivity contribution < 1.29 is 9.90 Å². The first-order chi connectivity index (χ1) is 17.1. The maximum absolute atomic E-state index is 12.9. The Hall–Kier alpha value is -4.03. The molecule has 1 aromatic carbocycles. The summed E-state index contributed by atoms with van der Waals surface area (Å²) in [4.78, 5) is 19.8. The number of hydrogen-bond acceptors (Lipinski definition) is 8. The van der Waals surface area contributed by atoms with Crippen LogP contribution in [0.15, 0.2) is 48.4 Å². The van der Waals surface area contributed by atoms with E-state index in [-0.39, 0.29) is 12.0 Å². The molecule has 0 bridgehead atoms. The van der Waals surface area contributed by atoms with Gasteiger partial charge in [0.1, 0.15) is 0 Å². The minimum Gasteiger partial charge on any atom is -0.393 e. The third kappa shape index (κ3) is 4.40. The maximum atomic E-state index is 12.9. The molecule has 4 N–H and O–H groups in total. The molecule has 1 aliphatic rings. The fourth-order valence-electron chi connectivity index (χ4n) is 4.22. The molecule has 6 rings (SSSR count). The van der Waals surface area contributed by atoms with Gasteiger partial charge < -0.3 is 15.3 Å². The lowest BCUT2D eigenvalue weighted by molar-refractivity contribution is 0.102. The van der Waals surface area contributed by atoms with Crippen LogP contribution in [0.25, 0.3) is 22.0 Å². The highest BCUT2D eigenvalue weighted by Crippen LogP contribution is 2.26. The lowest BCUT2D eigenvalue weighted by atomic mass is 10.1. The first kappa shape index (κ1) is 21.5. The Balaban J connectivity index is 1.12. The van der Waals surface area contributed by atoms with E-state index < -0.39 is 0 Å². The van der Waals surface area contributed by atoms with E-state index in [2.05, 4.69) is 35.7 Å². The summed E-state index contributed by atoms with van der Waals surface area (Å²) in [5.74, 6) is -0.310. The van der Waals surface area contributed by atoms with Crippen molar-refractivity contribution in [2.45, 2.75) is 25.5 Å². The van der Waals surface area contributed by atoms with Crippen LogP contribution < -0.4 is 10.2 Å². The second kappa shape index (κ2) is 8.96. The molecule has 1 fully saturated rings. The number of amides is 1. The minimum absolute atomic E-state index is 0.206. The average molecular weight is 490 g/mol. The topological polar surface area (TPSA) is 141 Å². The third-order valence-corrected chi connectivity index (χ3v) is 7.05. The largest absolute Gasteiger partial charge is 0.393 e. The highest BCUT2D eigenvalue weighted by atomic mass is 32.1. The number of benzene rings is 1. The van der Waals surface area contributed by atoms with Gasteiger partial charge >= 0.3 is 0 Å². The fourth-order valence-corrected chi connectivity index (χ4v) is 5.09. The number of carbonyl (C=O) groups is 1. The monoisotopic (exact) mass is 489 g/mol. The summed E-state index contributed by atoms with van der Waals surface area (Å²) in [5.41, 5.74) is 4.52. The summed E-state index contributed by atoms with van der Waals surface area (Å²) in [6.07, 6.45) is 8.29. The summed E-state index contributed by atoms with van der Waals surface area (Å²) in [5, 5.41) is 34.6. The second-order valence-electron chi connectivity index (χ2n) is 8.54. The van der Waals surface area contributed by atoms with Crippen LogP contribution in [0.4, 0.5) is 10.8 Å². The van der Waals surface area contributed by atoms with Crippen molar-refractivity contribution in [2.24, 2.45) is 0 Å². The number of aromatic amines is 2. The van der Waals surface area contributed by atoms with Gasteiger partial charge in [-0.3, -0.25) is 19.7 Å². The van der Waals surface area contributed by atoms with Crippen LogP contribution in [0.2, 0.25) is 0 Å². The minimum atomic E-state index is -0.310. The number of rotatable bonds is 6. The van der Waals surface area contributed by atoms with E-state index in [1.54, 1.807) is 34.6 Å². The molecule has 11 nitrogen and oxygen atoms in total. The lowest BCUT2D eigenvalue weighted by Crippen LogP contribution is -2.35. The van der Waals surface area contributed by atoms with Gasteiger partial charge in [0.05, 0.1) is 41.9 Å². The molecule has 0 spiro atoms. The van der Waals surface area contributed by atoms with Crippen LogP contribution in [0, 0.1) is 0 Å². The Bertz CT molecular complexity index is 1460. The van der Waals surface area contributed by atoms with Crippen LogP contribution in [-0.4, -0.2) is 65.4 Å². The normalized spacial score (nSPS) is 14.6. The Labute approximate surface area is 203 Å². The standard InChI is InChI=1S/C23H23N9O2S/c33-18-3-5-31(6-4-18)23-28-17(13-35-23)12-32-11-16(10-26-32)27-22(34)21-19-2-1-14(7-20(19)29-30-21)15-8-24-25-9-15/h1-2,7-11,13,18,33H,3-6,12H2,(H,24,25)(H,27,34)(H,29,30). The second-order valence-corrected chi connectivity index (χ2v) is 9.38. The van der Waals surface area contributed by atoms with Gasteiger partial charge in [0.15, 0.2) is 10.8 Å². The van der Waals surface area contributed by atoms with Crippen LogP contribution in [0.5, 0.6) is 0 Å². The molecule has 0 saturated carbocycles. The van der Waals surface area contributed by atoms with Crippen molar-refractivity contribution in [1.29, 1.82) is 0 Å². The molecule has 0 aliphatic carbocycles. The van der Waals surface area contributed by atoms with Crippen molar-refractivity contribution in [3.05, 3.63) is 59.8 Å². The van der Waals surface area contributed by atoms with Gasteiger partial charge in [-0.25, -0.2) is 4.98 Å². The van der Waals surface area contributed by atoms with Crippen molar-refractivity contribution in [2.75, 3.05) is 23.3 Å². The van der Waals surface area contributed by atoms with E-state index in [0.29, 0.717) is 17.9 Å². The first-order valence-electron chi connectivity index (χ1n) is 11.3. The molecule has 35 heavy (non-hydrogen) atoms. The van der Waals surface area contributed by atoms with Crippen molar-refractivity contribution >= 4 is 39.0 Å². The molecule has 1 saturated heterocycles. The summed E-state index contributed by atoms with van der Waals surface area (Å²) in [6.45, 7) is 2.14. The summed E-state index contributed by atoms with van der Waals surface area (Å²) < 4.78 is 1.74. The van der Waals surface area contributed by atoms with E-state index in [1.807, 2.05) is 29.8 Å². The average Bonchev–Trinajstić information content (AvgIpc) is 3.66. The maximum Gasteiger partial charge on any atom is 0.276 e. The zero-order valence-electron chi connectivity index (χ0n) is 18.7. The van der Waals surface area contributed by atoms with Crippen LogP contribution in [0.1, 0.15) is 29.0 Å². The van der Waals surface area contributed by atoms with E-state index in [9.17, 15) is 9.90 Å². The Morgan fingerprint density at radius 3 is 2.94 bits per heavy atom. The fraction of sp³-hybridized carbons (Fsp3) is 0.261. The molecule has 1 aliphatic heterocycles. The summed E-state index contributed by atoms with van der Waals surface area (Å²) in [6, 6.07) is 5.75. The smallest absolute Gasteiger partial charge is 0.276 e. The van der Waals surface area contributed by atoms with Gasteiger partial charge in [-0.05, 0) is 30.5 Å². The van der Waals surface area contributed by atoms with Crippen LogP contribution in [-0.2, 0) is 6.54 Å². The summed E-state index contributed by atoms with van der Waals surface area (Å²) in [7, 11) is 0. The molecule has 0 atom stereocenters. The van der Waals surface area contributed by atoms with Gasteiger partial charge in [-0.1, -0.05) is 6.07 Å². The molecule has 0 radical (unpaired) electrons. The Kier molecular flexibility index (Phi) is 5.51. The van der Waals surface area contributed by atoms with E-state index >= 15 is 0 Å². The highest BCUT2D eigenvalue weighted by molar-refractivity contribution is 7.13. The van der Waals surface area contributed by atoms with Gasteiger partial charge in [-0.2, -0.15) is 15.3 Å².